The molecule has 3 nitrogen and oxygen atoms in total. The number of aromatic nitrogens is 1. The fourth-order valence-corrected chi connectivity index (χ4v) is 1.51. The van der Waals surface area contributed by atoms with E-state index >= 15 is 0 Å². The highest BCUT2D eigenvalue weighted by Gasteiger charge is 2.03. The molecule has 1 aromatic heterocycles. The van der Waals surface area contributed by atoms with Crippen LogP contribution in [0.3, 0.4) is 0 Å². The van der Waals surface area contributed by atoms with Crippen LogP contribution in [0.25, 0.3) is 11.1 Å². The summed E-state index contributed by atoms with van der Waals surface area (Å²) in [4.78, 5) is 15.0. The van der Waals surface area contributed by atoms with Gasteiger partial charge in [0.05, 0.1) is 0 Å². The summed E-state index contributed by atoms with van der Waals surface area (Å²) in [5.41, 5.74) is 7.47. The van der Waals surface area contributed by atoms with Crippen LogP contribution in [0.1, 0.15) is 10.4 Å². The van der Waals surface area contributed by atoms with Gasteiger partial charge in [-0.3, -0.25) is 4.79 Å². The highest BCUT2D eigenvalue weighted by molar-refractivity contribution is 6.29. The van der Waals surface area contributed by atoms with Crippen LogP contribution in [0.5, 0.6) is 0 Å². The van der Waals surface area contributed by atoms with E-state index in [0.29, 0.717) is 10.7 Å². The molecule has 1 aromatic carbocycles. The lowest BCUT2D eigenvalue weighted by molar-refractivity contribution is 0.100. The molecule has 0 spiro atoms. The average Bonchev–Trinajstić information content (AvgIpc) is 2.30. The summed E-state index contributed by atoms with van der Waals surface area (Å²) in [7, 11) is 0. The fraction of sp³-hybridized carbons (Fsp3) is 0. The Balaban J connectivity index is 2.44. The third kappa shape index (κ3) is 2.20. The van der Waals surface area contributed by atoms with Crippen LogP contribution in [0.4, 0.5) is 0 Å². The number of benzene rings is 1. The molecular formula is C12H9ClN2O. The predicted molar refractivity (Wildman–Crippen MR) is 63.2 cm³/mol. The van der Waals surface area contributed by atoms with Crippen molar-refractivity contribution in [1.29, 1.82) is 0 Å². The van der Waals surface area contributed by atoms with Gasteiger partial charge in [0.2, 0.25) is 5.91 Å². The second kappa shape index (κ2) is 4.33. The first-order chi connectivity index (χ1) is 7.66. The van der Waals surface area contributed by atoms with E-state index < -0.39 is 5.91 Å². The number of hydrogen-bond acceptors (Lipinski definition) is 2. The zero-order valence-electron chi connectivity index (χ0n) is 8.35. The van der Waals surface area contributed by atoms with Crippen LogP contribution in [0.2, 0.25) is 5.15 Å². The van der Waals surface area contributed by atoms with E-state index in [1.165, 1.54) is 0 Å². The van der Waals surface area contributed by atoms with E-state index in [-0.39, 0.29) is 0 Å². The van der Waals surface area contributed by atoms with Gasteiger partial charge in [-0.2, -0.15) is 0 Å². The quantitative estimate of drug-likeness (QED) is 0.809. The van der Waals surface area contributed by atoms with Crippen molar-refractivity contribution >= 4 is 17.5 Å². The lowest BCUT2D eigenvalue weighted by atomic mass is 10.0. The largest absolute Gasteiger partial charge is 0.366 e. The Morgan fingerprint density at radius 1 is 1.19 bits per heavy atom. The van der Waals surface area contributed by atoms with Gasteiger partial charge in [0.15, 0.2) is 0 Å². The summed E-state index contributed by atoms with van der Waals surface area (Å²) in [5, 5.41) is 0.440. The minimum Gasteiger partial charge on any atom is -0.366 e. The van der Waals surface area contributed by atoms with E-state index in [0.717, 1.165) is 11.1 Å². The Hall–Kier alpha value is -1.87. The lowest BCUT2D eigenvalue weighted by Crippen LogP contribution is -2.10. The molecule has 16 heavy (non-hydrogen) atoms. The number of hydrogen-bond donors (Lipinski definition) is 1. The van der Waals surface area contributed by atoms with Crippen molar-refractivity contribution in [2.24, 2.45) is 5.73 Å². The van der Waals surface area contributed by atoms with Gasteiger partial charge < -0.3 is 5.73 Å². The molecule has 0 radical (unpaired) electrons. The summed E-state index contributed by atoms with van der Waals surface area (Å²) in [5.74, 6) is -0.441. The number of halogens is 1. The molecule has 0 saturated heterocycles. The van der Waals surface area contributed by atoms with Gasteiger partial charge in [0, 0.05) is 17.3 Å². The van der Waals surface area contributed by atoms with Crippen molar-refractivity contribution < 1.29 is 4.79 Å². The Morgan fingerprint density at radius 3 is 2.62 bits per heavy atom. The van der Waals surface area contributed by atoms with Gasteiger partial charge in [-0.25, -0.2) is 4.98 Å². The molecule has 0 aliphatic carbocycles. The number of nitrogens with two attached hydrogens (primary N) is 1. The Kier molecular flexibility index (Phi) is 2.88. The van der Waals surface area contributed by atoms with Gasteiger partial charge in [-0.05, 0) is 29.8 Å². The molecule has 0 aliphatic heterocycles. The molecule has 0 unspecified atom stereocenters. The number of amides is 1. The van der Waals surface area contributed by atoms with Crippen molar-refractivity contribution in [3.8, 4) is 11.1 Å². The summed E-state index contributed by atoms with van der Waals surface area (Å²) in [6.45, 7) is 0. The topological polar surface area (TPSA) is 56.0 Å². The first-order valence-electron chi connectivity index (χ1n) is 4.68. The van der Waals surface area contributed by atoms with E-state index in [4.69, 9.17) is 17.3 Å². The van der Waals surface area contributed by atoms with Gasteiger partial charge in [-0.1, -0.05) is 23.7 Å². The normalized spacial score (nSPS) is 10.1. The Morgan fingerprint density at radius 2 is 2.00 bits per heavy atom. The summed E-state index contributed by atoms with van der Waals surface area (Å²) in [6.07, 6.45) is 1.66. The van der Waals surface area contributed by atoms with Crippen LogP contribution in [0.15, 0.2) is 42.6 Å². The molecule has 80 valence electrons. The molecule has 0 bridgehead atoms. The van der Waals surface area contributed by atoms with Gasteiger partial charge in [0.1, 0.15) is 5.15 Å². The summed E-state index contributed by atoms with van der Waals surface area (Å²) in [6, 6.07) is 10.6. The minimum atomic E-state index is -0.441. The number of primary amides is 1. The summed E-state index contributed by atoms with van der Waals surface area (Å²) < 4.78 is 0. The SMILES string of the molecule is NC(=O)c1cccc(-c2ccc(Cl)nc2)c1. The van der Waals surface area contributed by atoms with E-state index in [9.17, 15) is 4.79 Å². The van der Waals surface area contributed by atoms with Gasteiger partial charge >= 0.3 is 0 Å². The monoisotopic (exact) mass is 232 g/mol. The van der Waals surface area contributed by atoms with Crippen LogP contribution < -0.4 is 5.73 Å². The third-order valence-electron chi connectivity index (χ3n) is 2.21. The molecule has 0 aliphatic rings. The fourth-order valence-electron chi connectivity index (χ4n) is 1.40. The van der Waals surface area contributed by atoms with Crippen LogP contribution in [-0.4, -0.2) is 10.9 Å². The van der Waals surface area contributed by atoms with Crippen LogP contribution in [0, 0.1) is 0 Å². The van der Waals surface area contributed by atoms with Crippen molar-refractivity contribution in [2.45, 2.75) is 0 Å². The molecule has 2 aromatic rings. The van der Waals surface area contributed by atoms with E-state index in [2.05, 4.69) is 4.98 Å². The Bertz CT molecular complexity index is 523. The van der Waals surface area contributed by atoms with Crippen molar-refractivity contribution in [3.05, 3.63) is 53.3 Å². The molecular weight excluding hydrogens is 224 g/mol. The molecule has 0 fully saturated rings. The molecule has 0 atom stereocenters. The zero-order valence-corrected chi connectivity index (χ0v) is 9.11. The molecule has 4 heteroatoms. The lowest BCUT2D eigenvalue weighted by Gasteiger charge is -2.02. The van der Waals surface area contributed by atoms with Crippen molar-refractivity contribution in [3.63, 3.8) is 0 Å². The first-order valence-corrected chi connectivity index (χ1v) is 5.06. The van der Waals surface area contributed by atoms with E-state index in [1.807, 2.05) is 12.1 Å². The maximum atomic E-state index is 11.0. The molecule has 1 heterocycles. The second-order valence-electron chi connectivity index (χ2n) is 3.31. The van der Waals surface area contributed by atoms with Crippen molar-refractivity contribution in [2.75, 3.05) is 0 Å². The van der Waals surface area contributed by atoms with Crippen LogP contribution >= 0.6 is 11.6 Å². The number of carbonyl (C=O) groups is 1. The molecule has 2 N–H and O–H groups in total. The summed E-state index contributed by atoms with van der Waals surface area (Å²) >= 11 is 5.70. The van der Waals surface area contributed by atoms with E-state index in [1.54, 1.807) is 30.5 Å². The first kappa shape index (κ1) is 10.6. The van der Waals surface area contributed by atoms with Gasteiger partial charge in [0.25, 0.3) is 0 Å². The number of carbonyl (C=O) groups excluding carboxylic acids is 1. The molecule has 0 saturated carbocycles. The smallest absolute Gasteiger partial charge is 0.248 e. The Labute approximate surface area is 97.9 Å². The number of nitrogens with zero attached hydrogens (tertiary/aromatic N) is 1. The number of pyridine rings is 1. The minimum absolute atomic E-state index is 0.440. The maximum Gasteiger partial charge on any atom is 0.248 e. The number of rotatable bonds is 2. The van der Waals surface area contributed by atoms with Crippen LogP contribution in [-0.2, 0) is 0 Å². The zero-order chi connectivity index (χ0) is 11.5. The van der Waals surface area contributed by atoms with Gasteiger partial charge in [-0.15, -0.1) is 0 Å². The van der Waals surface area contributed by atoms with Crippen molar-refractivity contribution in [1.82, 2.24) is 4.98 Å². The third-order valence-corrected chi connectivity index (χ3v) is 2.43. The predicted octanol–water partition coefficient (Wildman–Crippen LogP) is 2.50. The second-order valence-corrected chi connectivity index (χ2v) is 3.70. The maximum absolute atomic E-state index is 11.0. The average molecular weight is 233 g/mol. The molecule has 2 rings (SSSR count). The standard InChI is InChI=1S/C12H9ClN2O/c13-11-5-4-10(7-15-11)8-2-1-3-9(6-8)12(14)16/h1-7H,(H2,14,16). The highest BCUT2D eigenvalue weighted by Crippen LogP contribution is 2.20. The highest BCUT2D eigenvalue weighted by atomic mass is 35.5. The molecule has 1 amide bonds.